The number of carbonyl (C=O) groups excluding carboxylic acids is 1. The van der Waals surface area contributed by atoms with Gasteiger partial charge in [0.15, 0.2) is 0 Å². The van der Waals surface area contributed by atoms with E-state index in [2.05, 4.69) is 23.2 Å². The van der Waals surface area contributed by atoms with Gasteiger partial charge in [0.1, 0.15) is 6.10 Å². The van der Waals surface area contributed by atoms with E-state index in [0.717, 1.165) is 25.7 Å². The Morgan fingerprint density at radius 1 is 1.44 bits per heavy atom. The highest BCUT2D eigenvalue weighted by Crippen LogP contribution is 2.37. The molecule has 2 atom stereocenters. The monoisotopic (exact) mass is 243 g/mol. The molecule has 3 nitrogen and oxygen atoms in total. The summed E-state index contributed by atoms with van der Waals surface area (Å²) in [5, 5.41) is 0. The summed E-state index contributed by atoms with van der Waals surface area (Å²) in [6.45, 7) is 1.48. The Kier molecular flexibility index (Phi) is 2.90. The van der Waals surface area contributed by atoms with Crippen molar-refractivity contribution in [2.75, 3.05) is 0 Å². The lowest BCUT2D eigenvalue weighted by Crippen LogP contribution is -2.30. The number of fused-ring (bicyclic) bond motifs is 2. The van der Waals surface area contributed by atoms with Crippen molar-refractivity contribution < 1.29 is 9.53 Å². The summed E-state index contributed by atoms with van der Waals surface area (Å²) in [5.41, 5.74) is 4.01. The molecule has 1 aliphatic heterocycles. The molecule has 0 aromatic carbocycles. The van der Waals surface area contributed by atoms with Gasteiger partial charge in [0.25, 0.3) is 0 Å². The predicted molar refractivity (Wildman–Crippen MR) is 70.6 cm³/mol. The maximum Gasteiger partial charge on any atom is 0.302 e. The first-order valence-corrected chi connectivity index (χ1v) is 6.53. The summed E-state index contributed by atoms with van der Waals surface area (Å²) in [6.07, 6.45) is 12.2. The second-order valence-electron chi connectivity index (χ2n) is 5.06. The van der Waals surface area contributed by atoms with Crippen molar-refractivity contribution in [1.29, 1.82) is 0 Å². The number of rotatable bonds is 1. The highest BCUT2D eigenvalue weighted by atomic mass is 16.5. The van der Waals surface area contributed by atoms with Gasteiger partial charge in [-0.1, -0.05) is 18.2 Å². The molecule has 1 heterocycles. The van der Waals surface area contributed by atoms with Crippen LogP contribution >= 0.6 is 0 Å². The van der Waals surface area contributed by atoms with Gasteiger partial charge in [-0.2, -0.15) is 0 Å². The van der Waals surface area contributed by atoms with Gasteiger partial charge in [-0.15, -0.1) is 0 Å². The molecule has 0 saturated heterocycles. The number of ether oxygens (including phenoxy) is 1. The second-order valence-corrected chi connectivity index (χ2v) is 5.06. The molecule has 0 spiro atoms. The van der Waals surface area contributed by atoms with Gasteiger partial charge >= 0.3 is 5.97 Å². The molecule has 3 aliphatic rings. The van der Waals surface area contributed by atoms with E-state index in [4.69, 9.17) is 4.74 Å². The van der Waals surface area contributed by atoms with Gasteiger partial charge in [-0.25, -0.2) is 0 Å². The third kappa shape index (κ3) is 2.05. The van der Waals surface area contributed by atoms with Crippen LogP contribution in [0.5, 0.6) is 0 Å². The molecule has 0 radical (unpaired) electrons. The molecule has 3 heteroatoms. The quantitative estimate of drug-likeness (QED) is 0.664. The Balaban J connectivity index is 1.86. The van der Waals surface area contributed by atoms with Crippen molar-refractivity contribution in [3.63, 3.8) is 0 Å². The summed E-state index contributed by atoms with van der Waals surface area (Å²) < 4.78 is 5.36. The van der Waals surface area contributed by atoms with Crippen LogP contribution in [0.3, 0.4) is 0 Å². The molecule has 0 aromatic heterocycles. The van der Waals surface area contributed by atoms with E-state index in [1.54, 1.807) is 0 Å². The molecule has 18 heavy (non-hydrogen) atoms. The summed E-state index contributed by atoms with van der Waals surface area (Å²) in [6, 6.07) is 0.315. The molecule has 94 valence electrons. The second kappa shape index (κ2) is 4.56. The molecule has 1 saturated carbocycles. The van der Waals surface area contributed by atoms with Crippen LogP contribution in [0.4, 0.5) is 0 Å². The standard InChI is InChI=1S/C15H17NO2/c1-10(17)18-12-6-7-15-14(8-12)13-5-3-2-4-11(13)9-16-15/h2-4,9,12,15H,5-8H2,1H3. The van der Waals surface area contributed by atoms with Crippen LogP contribution in [-0.2, 0) is 9.53 Å². The topological polar surface area (TPSA) is 38.7 Å². The van der Waals surface area contributed by atoms with Crippen molar-refractivity contribution >= 4 is 12.2 Å². The molecular weight excluding hydrogens is 226 g/mol. The minimum atomic E-state index is -0.178. The number of dihydropyridines is 1. The Labute approximate surface area is 107 Å². The average Bonchev–Trinajstić information content (AvgIpc) is 2.38. The fourth-order valence-corrected chi connectivity index (χ4v) is 3.01. The van der Waals surface area contributed by atoms with Crippen molar-refractivity contribution in [3.8, 4) is 0 Å². The largest absolute Gasteiger partial charge is 0.462 e. The van der Waals surface area contributed by atoms with Crippen LogP contribution in [-0.4, -0.2) is 24.3 Å². The van der Waals surface area contributed by atoms with Crippen LogP contribution < -0.4 is 0 Å². The minimum Gasteiger partial charge on any atom is -0.462 e. The Hall–Kier alpha value is -1.64. The fraction of sp³-hybridized carbons (Fsp3) is 0.467. The summed E-state index contributed by atoms with van der Waals surface area (Å²) in [7, 11) is 0. The predicted octanol–water partition coefficient (Wildman–Crippen LogP) is 2.74. The van der Waals surface area contributed by atoms with E-state index in [1.807, 2.05) is 6.21 Å². The third-order valence-electron chi connectivity index (χ3n) is 3.81. The molecule has 2 aliphatic carbocycles. The average molecular weight is 243 g/mol. The summed E-state index contributed by atoms with van der Waals surface area (Å²) >= 11 is 0. The SMILES string of the molecule is CC(=O)OC1CCC2N=CC3=CC=CCC3=C2C1. The first-order chi connectivity index (χ1) is 8.74. The highest BCUT2D eigenvalue weighted by molar-refractivity contribution is 5.88. The maximum atomic E-state index is 11.1. The molecular formula is C15H17NO2. The van der Waals surface area contributed by atoms with Gasteiger partial charge in [0.05, 0.1) is 6.04 Å². The van der Waals surface area contributed by atoms with Crippen molar-refractivity contribution in [2.24, 2.45) is 4.99 Å². The highest BCUT2D eigenvalue weighted by Gasteiger charge is 2.31. The third-order valence-corrected chi connectivity index (χ3v) is 3.81. The number of hydrogen-bond acceptors (Lipinski definition) is 3. The Morgan fingerprint density at radius 3 is 3.17 bits per heavy atom. The van der Waals surface area contributed by atoms with Gasteiger partial charge in [-0.05, 0) is 36.0 Å². The fourth-order valence-electron chi connectivity index (χ4n) is 3.01. The number of carbonyl (C=O) groups is 1. The first-order valence-electron chi connectivity index (χ1n) is 6.53. The molecule has 3 rings (SSSR count). The molecule has 0 N–H and O–H groups in total. The maximum absolute atomic E-state index is 11.1. The lowest BCUT2D eigenvalue weighted by molar-refractivity contribution is -0.147. The number of allylic oxidation sites excluding steroid dienone is 5. The molecule has 2 unspecified atom stereocenters. The van der Waals surface area contributed by atoms with Crippen LogP contribution in [0, 0.1) is 0 Å². The van der Waals surface area contributed by atoms with Crippen molar-refractivity contribution in [3.05, 3.63) is 34.9 Å². The molecule has 1 fully saturated rings. The van der Waals surface area contributed by atoms with E-state index in [0.29, 0.717) is 6.04 Å². The van der Waals surface area contributed by atoms with Crippen LogP contribution in [0.25, 0.3) is 0 Å². The first kappa shape index (κ1) is 11.5. The lowest BCUT2D eigenvalue weighted by atomic mass is 9.79. The van der Waals surface area contributed by atoms with Crippen LogP contribution in [0.2, 0.25) is 0 Å². The number of nitrogens with zero attached hydrogens (tertiary/aromatic N) is 1. The van der Waals surface area contributed by atoms with Crippen molar-refractivity contribution in [1.82, 2.24) is 0 Å². The number of aliphatic imine (C=N–C) groups is 1. The van der Waals surface area contributed by atoms with E-state index >= 15 is 0 Å². The number of esters is 1. The van der Waals surface area contributed by atoms with Gasteiger partial charge in [0, 0.05) is 19.6 Å². The van der Waals surface area contributed by atoms with Crippen LogP contribution in [0.1, 0.15) is 32.6 Å². The zero-order valence-electron chi connectivity index (χ0n) is 10.6. The van der Waals surface area contributed by atoms with Gasteiger partial charge < -0.3 is 4.74 Å². The van der Waals surface area contributed by atoms with Gasteiger partial charge in [0.2, 0.25) is 0 Å². The number of hydrogen-bond donors (Lipinski definition) is 0. The van der Waals surface area contributed by atoms with E-state index in [-0.39, 0.29) is 12.1 Å². The molecule has 0 bridgehead atoms. The molecule has 0 aromatic rings. The Morgan fingerprint density at radius 2 is 2.33 bits per heavy atom. The van der Waals surface area contributed by atoms with E-state index < -0.39 is 0 Å². The summed E-state index contributed by atoms with van der Waals surface area (Å²) in [4.78, 5) is 15.7. The van der Waals surface area contributed by atoms with E-state index in [9.17, 15) is 4.79 Å². The Bertz CT molecular complexity index is 497. The van der Waals surface area contributed by atoms with E-state index in [1.165, 1.54) is 23.6 Å². The normalized spacial score (nSPS) is 29.5. The molecule has 0 amide bonds. The van der Waals surface area contributed by atoms with Gasteiger partial charge in [-0.3, -0.25) is 9.79 Å². The van der Waals surface area contributed by atoms with Crippen LogP contribution in [0.15, 0.2) is 39.9 Å². The zero-order chi connectivity index (χ0) is 12.5. The summed E-state index contributed by atoms with van der Waals surface area (Å²) in [5.74, 6) is -0.178. The van der Waals surface area contributed by atoms with Crippen molar-refractivity contribution in [2.45, 2.75) is 44.8 Å². The minimum absolute atomic E-state index is 0.0432. The smallest absolute Gasteiger partial charge is 0.302 e. The lowest BCUT2D eigenvalue weighted by Gasteiger charge is -2.33. The zero-order valence-corrected chi connectivity index (χ0v) is 10.6.